The Balaban J connectivity index is 2.34. The summed E-state index contributed by atoms with van der Waals surface area (Å²) in [6.07, 6.45) is 6.24. The van der Waals surface area contributed by atoms with Gasteiger partial charge in [-0.05, 0) is 12.1 Å². The molecule has 1 heterocycles. The quantitative estimate of drug-likeness (QED) is 0.879. The monoisotopic (exact) mass is 230 g/mol. The molecule has 0 atom stereocenters. The molecular weight excluding hydrogens is 219 g/mol. The van der Waals surface area contributed by atoms with Gasteiger partial charge in [0, 0.05) is 23.5 Å². The topological polar surface area (TPSA) is 46.0 Å². The molecule has 2 aromatic rings. The minimum absolute atomic E-state index is 0.108. The van der Waals surface area contributed by atoms with Crippen LogP contribution in [0.3, 0.4) is 0 Å². The van der Waals surface area contributed by atoms with Gasteiger partial charge in [0.1, 0.15) is 5.82 Å². The van der Waals surface area contributed by atoms with Gasteiger partial charge in [-0.1, -0.05) is 24.3 Å². The average Bonchev–Trinajstić information content (AvgIpc) is 2.38. The van der Waals surface area contributed by atoms with Crippen molar-refractivity contribution < 1.29 is 9.50 Å². The number of hydrogen-bond donors (Lipinski definition) is 1. The molecule has 2 rings (SSSR count). The number of aromatic nitrogens is 2. The van der Waals surface area contributed by atoms with E-state index in [1.807, 2.05) is 0 Å². The molecule has 3 nitrogen and oxygen atoms in total. The van der Waals surface area contributed by atoms with Gasteiger partial charge in [-0.2, -0.15) is 0 Å². The third kappa shape index (κ3) is 2.73. The molecule has 0 unspecified atom stereocenters. The summed E-state index contributed by atoms with van der Waals surface area (Å²) >= 11 is 0. The highest BCUT2D eigenvalue weighted by Crippen LogP contribution is 2.18. The lowest BCUT2D eigenvalue weighted by atomic mass is 10.1. The Labute approximate surface area is 98.3 Å². The second-order valence-electron chi connectivity index (χ2n) is 3.39. The van der Waals surface area contributed by atoms with Crippen LogP contribution in [0.4, 0.5) is 4.39 Å². The third-order valence-corrected chi connectivity index (χ3v) is 2.23. The molecule has 0 bridgehead atoms. The van der Waals surface area contributed by atoms with Crippen molar-refractivity contribution in [3.8, 4) is 11.4 Å². The number of benzene rings is 1. The van der Waals surface area contributed by atoms with E-state index in [2.05, 4.69) is 9.97 Å². The lowest BCUT2D eigenvalue weighted by Crippen LogP contribution is -1.89. The maximum absolute atomic E-state index is 13.7. The van der Waals surface area contributed by atoms with Gasteiger partial charge in [-0.15, -0.1) is 0 Å². The van der Waals surface area contributed by atoms with Crippen molar-refractivity contribution in [1.82, 2.24) is 9.97 Å². The van der Waals surface area contributed by atoms with Gasteiger partial charge in [-0.3, -0.25) is 0 Å². The number of rotatable bonds is 3. The van der Waals surface area contributed by atoms with E-state index in [-0.39, 0.29) is 12.4 Å². The molecule has 4 heteroatoms. The summed E-state index contributed by atoms with van der Waals surface area (Å²) in [5.74, 6) is 0.128. The van der Waals surface area contributed by atoms with Crippen molar-refractivity contribution in [1.29, 1.82) is 0 Å². The summed E-state index contributed by atoms with van der Waals surface area (Å²) < 4.78 is 13.7. The number of aliphatic hydroxyl groups excluding tert-OH is 1. The molecule has 1 aromatic heterocycles. The van der Waals surface area contributed by atoms with E-state index in [1.54, 1.807) is 30.6 Å². The van der Waals surface area contributed by atoms with Crippen LogP contribution in [0.5, 0.6) is 0 Å². The number of aliphatic hydroxyl groups is 1. The Morgan fingerprint density at radius 2 is 2.00 bits per heavy atom. The highest BCUT2D eigenvalue weighted by atomic mass is 19.1. The fraction of sp³-hybridized carbons (Fsp3) is 0.0769. The first-order valence-corrected chi connectivity index (χ1v) is 5.15. The Hall–Kier alpha value is -2.07. The second-order valence-corrected chi connectivity index (χ2v) is 3.39. The van der Waals surface area contributed by atoms with Crippen LogP contribution in [0.2, 0.25) is 0 Å². The van der Waals surface area contributed by atoms with Crippen LogP contribution in [0, 0.1) is 5.82 Å². The van der Waals surface area contributed by atoms with E-state index in [1.165, 1.54) is 18.2 Å². The minimum Gasteiger partial charge on any atom is -0.392 e. The molecule has 1 aromatic carbocycles. The molecule has 0 aliphatic rings. The van der Waals surface area contributed by atoms with Gasteiger partial charge in [0.15, 0.2) is 5.82 Å². The fourth-order valence-electron chi connectivity index (χ4n) is 1.43. The number of halogens is 1. The first-order valence-electron chi connectivity index (χ1n) is 5.15. The van der Waals surface area contributed by atoms with E-state index >= 15 is 0 Å². The fourth-order valence-corrected chi connectivity index (χ4v) is 1.43. The van der Waals surface area contributed by atoms with Crippen LogP contribution in [-0.2, 0) is 0 Å². The maximum Gasteiger partial charge on any atom is 0.159 e. The largest absolute Gasteiger partial charge is 0.392 e. The zero-order valence-corrected chi connectivity index (χ0v) is 9.05. The molecule has 0 amide bonds. The smallest absolute Gasteiger partial charge is 0.159 e. The van der Waals surface area contributed by atoms with E-state index < -0.39 is 0 Å². The Kier molecular flexibility index (Phi) is 3.57. The zero-order chi connectivity index (χ0) is 12.1. The van der Waals surface area contributed by atoms with Crippen LogP contribution < -0.4 is 0 Å². The second kappa shape index (κ2) is 5.32. The molecule has 0 aliphatic heterocycles. The van der Waals surface area contributed by atoms with Crippen LogP contribution in [0.25, 0.3) is 17.5 Å². The molecule has 0 saturated heterocycles. The zero-order valence-electron chi connectivity index (χ0n) is 9.05. The van der Waals surface area contributed by atoms with Gasteiger partial charge in [0.25, 0.3) is 0 Å². The summed E-state index contributed by atoms with van der Waals surface area (Å²) in [4.78, 5) is 8.09. The molecule has 0 fully saturated rings. The molecule has 0 spiro atoms. The Morgan fingerprint density at radius 3 is 2.65 bits per heavy atom. The van der Waals surface area contributed by atoms with Gasteiger partial charge < -0.3 is 5.11 Å². The van der Waals surface area contributed by atoms with E-state index in [0.717, 1.165) is 0 Å². The molecular formula is C13H11FN2O. The first-order chi connectivity index (χ1) is 8.31. The summed E-state index contributed by atoms with van der Waals surface area (Å²) in [6, 6.07) is 6.47. The molecule has 1 N–H and O–H groups in total. The van der Waals surface area contributed by atoms with Gasteiger partial charge >= 0.3 is 0 Å². The summed E-state index contributed by atoms with van der Waals surface area (Å²) in [6.45, 7) is -0.108. The molecule has 0 radical (unpaired) electrons. The summed E-state index contributed by atoms with van der Waals surface area (Å²) in [5.41, 5.74) is 1.06. The van der Waals surface area contributed by atoms with E-state index in [0.29, 0.717) is 17.0 Å². The van der Waals surface area contributed by atoms with Crippen LogP contribution in [0.1, 0.15) is 5.56 Å². The van der Waals surface area contributed by atoms with Crippen molar-refractivity contribution in [2.24, 2.45) is 0 Å². The normalized spacial score (nSPS) is 10.9. The van der Waals surface area contributed by atoms with E-state index in [9.17, 15) is 4.39 Å². The van der Waals surface area contributed by atoms with Crippen molar-refractivity contribution in [3.05, 3.63) is 54.1 Å². The molecule has 0 saturated carbocycles. The van der Waals surface area contributed by atoms with Gasteiger partial charge in [0.2, 0.25) is 0 Å². The maximum atomic E-state index is 13.7. The summed E-state index contributed by atoms with van der Waals surface area (Å²) in [7, 11) is 0. The van der Waals surface area contributed by atoms with Crippen molar-refractivity contribution in [3.63, 3.8) is 0 Å². The van der Waals surface area contributed by atoms with Gasteiger partial charge in [-0.25, -0.2) is 14.4 Å². The predicted octanol–water partition coefficient (Wildman–Crippen LogP) is 2.29. The van der Waals surface area contributed by atoms with Gasteiger partial charge in [0.05, 0.1) is 6.61 Å². The van der Waals surface area contributed by atoms with Crippen LogP contribution in [0.15, 0.2) is 42.7 Å². The van der Waals surface area contributed by atoms with Crippen LogP contribution in [-0.4, -0.2) is 21.7 Å². The Morgan fingerprint density at radius 1 is 1.24 bits per heavy atom. The highest BCUT2D eigenvalue weighted by Gasteiger charge is 2.04. The van der Waals surface area contributed by atoms with Crippen molar-refractivity contribution >= 4 is 6.08 Å². The van der Waals surface area contributed by atoms with Crippen molar-refractivity contribution in [2.75, 3.05) is 6.61 Å². The summed E-state index contributed by atoms with van der Waals surface area (Å²) in [5, 5.41) is 8.62. The Bertz CT molecular complexity index is 526. The lowest BCUT2D eigenvalue weighted by Gasteiger charge is -2.01. The number of nitrogens with zero attached hydrogens (tertiary/aromatic N) is 2. The molecule has 86 valence electrons. The third-order valence-electron chi connectivity index (χ3n) is 2.23. The lowest BCUT2D eigenvalue weighted by molar-refractivity contribution is 0.343. The standard InChI is InChI=1S/C13H11FN2O/c14-12-9-11(13-15-6-2-7-16-13)5-4-10(12)3-1-8-17/h1-7,9,17H,8H2/b3-1+. The van der Waals surface area contributed by atoms with Crippen molar-refractivity contribution in [2.45, 2.75) is 0 Å². The average molecular weight is 230 g/mol. The predicted molar refractivity (Wildman–Crippen MR) is 63.5 cm³/mol. The first kappa shape index (κ1) is 11.4. The number of hydrogen-bond acceptors (Lipinski definition) is 3. The van der Waals surface area contributed by atoms with Crippen LogP contribution >= 0.6 is 0 Å². The highest BCUT2D eigenvalue weighted by molar-refractivity contribution is 5.60. The SMILES string of the molecule is OC/C=C/c1ccc(-c2ncccn2)cc1F. The van der Waals surface area contributed by atoms with E-state index in [4.69, 9.17) is 5.11 Å². The molecule has 0 aliphatic carbocycles. The minimum atomic E-state index is -0.361. The molecule has 17 heavy (non-hydrogen) atoms.